The number of alkyl halides is 2. The van der Waals surface area contributed by atoms with Crippen molar-refractivity contribution in [3.63, 3.8) is 0 Å². The molecule has 4 heterocycles. The third kappa shape index (κ3) is 3.02. The van der Waals surface area contributed by atoms with Crippen molar-refractivity contribution < 1.29 is 8.78 Å². The number of hydrogen-bond acceptors (Lipinski definition) is 6. The molecule has 5 rings (SSSR count). The van der Waals surface area contributed by atoms with Crippen LogP contribution in [0.3, 0.4) is 0 Å². The summed E-state index contributed by atoms with van der Waals surface area (Å²) in [5.74, 6) is -3.63. The molecule has 150 valence electrons. The summed E-state index contributed by atoms with van der Waals surface area (Å²) in [6, 6.07) is 11.2. The van der Waals surface area contributed by atoms with Gasteiger partial charge < -0.3 is 0 Å². The molecule has 0 saturated heterocycles. The molecule has 0 radical (unpaired) electrons. The summed E-state index contributed by atoms with van der Waals surface area (Å²) in [6.45, 7) is 4.10. The van der Waals surface area contributed by atoms with Crippen LogP contribution in [0.2, 0.25) is 0 Å². The number of rotatable bonds is 4. The number of fused-ring (bicyclic) bond motifs is 2. The Morgan fingerprint density at radius 1 is 1.03 bits per heavy atom. The van der Waals surface area contributed by atoms with Crippen LogP contribution < -0.4 is 0 Å². The van der Waals surface area contributed by atoms with Gasteiger partial charge in [0.05, 0.1) is 15.4 Å². The Bertz CT molecular complexity index is 1370. The Morgan fingerprint density at radius 2 is 1.90 bits per heavy atom. The van der Waals surface area contributed by atoms with Gasteiger partial charge in [0, 0.05) is 29.3 Å². The van der Waals surface area contributed by atoms with Gasteiger partial charge in [0.15, 0.2) is 5.65 Å². The van der Waals surface area contributed by atoms with Crippen LogP contribution in [0, 0.1) is 0 Å². The highest BCUT2D eigenvalue weighted by molar-refractivity contribution is 7.15. The zero-order chi connectivity index (χ0) is 20.9. The number of halogens is 2. The Labute approximate surface area is 174 Å². The van der Waals surface area contributed by atoms with Gasteiger partial charge in [0.1, 0.15) is 5.69 Å². The van der Waals surface area contributed by atoms with Gasteiger partial charge in [-0.05, 0) is 30.3 Å². The lowest BCUT2D eigenvalue weighted by Gasteiger charge is -2.15. The highest BCUT2D eigenvalue weighted by Gasteiger charge is 2.40. The summed E-state index contributed by atoms with van der Waals surface area (Å²) in [4.78, 5) is 9.38. The van der Waals surface area contributed by atoms with E-state index >= 15 is 8.78 Å². The van der Waals surface area contributed by atoms with Gasteiger partial charge in [-0.3, -0.25) is 4.98 Å². The standard InChI is InChI=1S/C21H16F2N6S/c1-12(2)19-25-11-17(30-19)16-7-8-18-26-27-20(29(18)28-16)21(22,23)14-5-6-15-13(10-14)4-3-9-24-15/h3-12H,1-2H3. The van der Waals surface area contributed by atoms with Crippen molar-refractivity contribution in [2.24, 2.45) is 0 Å². The van der Waals surface area contributed by atoms with E-state index in [0.717, 1.165) is 14.4 Å². The highest BCUT2D eigenvalue weighted by Crippen LogP contribution is 2.36. The van der Waals surface area contributed by atoms with Crippen LogP contribution in [0.5, 0.6) is 0 Å². The molecule has 0 spiro atoms. The van der Waals surface area contributed by atoms with Gasteiger partial charge in [-0.25, -0.2) is 4.98 Å². The minimum atomic E-state index is -3.38. The first kappa shape index (κ1) is 18.7. The topological polar surface area (TPSA) is 68.9 Å². The number of thiazole rings is 1. The summed E-state index contributed by atoms with van der Waals surface area (Å²) in [7, 11) is 0. The number of nitrogens with zero attached hydrogens (tertiary/aromatic N) is 6. The van der Waals surface area contributed by atoms with Crippen molar-refractivity contribution >= 4 is 27.9 Å². The van der Waals surface area contributed by atoms with E-state index in [4.69, 9.17) is 0 Å². The molecule has 0 saturated carbocycles. The maximum absolute atomic E-state index is 15.4. The monoisotopic (exact) mass is 422 g/mol. The molecule has 30 heavy (non-hydrogen) atoms. The average molecular weight is 422 g/mol. The third-order valence-corrected chi connectivity index (χ3v) is 6.10. The van der Waals surface area contributed by atoms with Gasteiger partial charge in [0.25, 0.3) is 0 Å². The highest BCUT2D eigenvalue weighted by atomic mass is 32.1. The van der Waals surface area contributed by atoms with E-state index in [1.54, 1.807) is 42.7 Å². The Hall–Kier alpha value is -3.33. The molecule has 0 atom stereocenters. The molecule has 0 bridgehead atoms. The van der Waals surface area contributed by atoms with Crippen LogP contribution in [0.4, 0.5) is 8.78 Å². The number of benzene rings is 1. The molecule has 1 aromatic carbocycles. The van der Waals surface area contributed by atoms with E-state index in [9.17, 15) is 0 Å². The zero-order valence-electron chi connectivity index (χ0n) is 16.1. The number of hydrogen-bond donors (Lipinski definition) is 0. The Morgan fingerprint density at radius 3 is 2.70 bits per heavy atom. The smallest absolute Gasteiger partial charge is 0.256 e. The molecule has 0 fully saturated rings. The van der Waals surface area contributed by atoms with E-state index in [2.05, 4.69) is 39.1 Å². The van der Waals surface area contributed by atoms with Crippen molar-refractivity contribution in [1.82, 2.24) is 29.8 Å². The summed E-state index contributed by atoms with van der Waals surface area (Å²) in [5, 5.41) is 13.6. The molecular weight excluding hydrogens is 406 g/mol. The van der Waals surface area contributed by atoms with Gasteiger partial charge in [-0.15, -0.1) is 21.5 Å². The molecule has 0 aliphatic carbocycles. The lowest BCUT2D eigenvalue weighted by Crippen LogP contribution is -2.20. The van der Waals surface area contributed by atoms with E-state index in [1.165, 1.54) is 23.5 Å². The third-order valence-electron chi connectivity index (χ3n) is 4.78. The van der Waals surface area contributed by atoms with Gasteiger partial charge in [-0.2, -0.15) is 18.4 Å². The van der Waals surface area contributed by atoms with Crippen molar-refractivity contribution in [3.05, 3.63) is 71.3 Å². The largest absolute Gasteiger partial charge is 0.333 e. The van der Waals surface area contributed by atoms with Crippen molar-refractivity contribution in [3.8, 4) is 10.6 Å². The normalized spacial score (nSPS) is 12.3. The van der Waals surface area contributed by atoms with Gasteiger partial charge in [-0.1, -0.05) is 26.0 Å². The summed E-state index contributed by atoms with van der Waals surface area (Å²) >= 11 is 1.49. The first-order valence-electron chi connectivity index (χ1n) is 9.35. The molecule has 0 unspecified atom stereocenters. The second-order valence-electron chi connectivity index (χ2n) is 7.21. The van der Waals surface area contributed by atoms with Crippen LogP contribution in [0.25, 0.3) is 27.1 Å². The molecule has 0 N–H and O–H groups in total. The fourth-order valence-corrected chi connectivity index (χ4v) is 4.07. The van der Waals surface area contributed by atoms with Gasteiger partial charge >= 0.3 is 5.92 Å². The minimum Gasteiger partial charge on any atom is -0.256 e. The maximum atomic E-state index is 15.4. The lowest BCUT2D eigenvalue weighted by molar-refractivity contribution is 0.0307. The molecule has 9 heteroatoms. The minimum absolute atomic E-state index is 0.190. The molecule has 0 aliphatic heterocycles. The molecule has 0 amide bonds. The second kappa shape index (κ2) is 6.88. The predicted octanol–water partition coefficient (Wildman–Crippen LogP) is 5.06. The Balaban J connectivity index is 1.61. The summed E-state index contributed by atoms with van der Waals surface area (Å²) < 4.78 is 32.0. The first-order valence-corrected chi connectivity index (χ1v) is 10.2. The van der Waals surface area contributed by atoms with Crippen molar-refractivity contribution in [2.45, 2.75) is 25.7 Å². The van der Waals surface area contributed by atoms with Crippen LogP contribution in [0.15, 0.2) is 54.9 Å². The molecular formula is C21H16F2N6S. The van der Waals surface area contributed by atoms with Crippen LogP contribution >= 0.6 is 11.3 Å². The second-order valence-corrected chi connectivity index (χ2v) is 8.28. The lowest BCUT2D eigenvalue weighted by atomic mass is 10.0. The molecule has 4 aromatic heterocycles. The summed E-state index contributed by atoms with van der Waals surface area (Å²) in [5.41, 5.74) is 1.26. The van der Waals surface area contributed by atoms with E-state index in [1.807, 2.05) is 0 Å². The van der Waals surface area contributed by atoms with Crippen LogP contribution in [0.1, 0.15) is 36.2 Å². The molecule has 0 aliphatic rings. The van der Waals surface area contributed by atoms with E-state index in [0.29, 0.717) is 16.6 Å². The molecule has 5 aromatic rings. The average Bonchev–Trinajstić information content (AvgIpc) is 3.40. The first-order chi connectivity index (χ1) is 14.4. The predicted molar refractivity (Wildman–Crippen MR) is 111 cm³/mol. The quantitative estimate of drug-likeness (QED) is 0.405. The molecule has 6 nitrogen and oxygen atoms in total. The number of aromatic nitrogens is 6. The van der Waals surface area contributed by atoms with Crippen LogP contribution in [-0.4, -0.2) is 29.8 Å². The van der Waals surface area contributed by atoms with Crippen molar-refractivity contribution in [1.29, 1.82) is 0 Å². The fourth-order valence-electron chi connectivity index (χ4n) is 3.19. The van der Waals surface area contributed by atoms with Crippen molar-refractivity contribution in [2.75, 3.05) is 0 Å². The zero-order valence-corrected chi connectivity index (χ0v) is 16.9. The van der Waals surface area contributed by atoms with Gasteiger partial charge in [0.2, 0.25) is 5.82 Å². The van der Waals surface area contributed by atoms with Crippen LogP contribution in [-0.2, 0) is 5.92 Å². The fraction of sp³-hybridized carbons (Fsp3) is 0.190. The number of pyridine rings is 1. The van der Waals surface area contributed by atoms with E-state index in [-0.39, 0.29) is 17.1 Å². The SMILES string of the molecule is CC(C)c1ncc(-c2ccc3nnc(C(F)(F)c4ccc5ncccc5c4)n3n2)s1. The Kier molecular flexibility index (Phi) is 4.28. The maximum Gasteiger partial charge on any atom is 0.333 e. The summed E-state index contributed by atoms with van der Waals surface area (Å²) in [6.07, 6.45) is 3.34. The van der Waals surface area contributed by atoms with E-state index < -0.39 is 11.7 Å².